The maximum absolute atomic E-state index is 12.4. The van der Waals surface area contributed by atoms with Crippen LogP contribution in [0.3, 0.4) is 0 Å². The van der Waals surface area contributed by atoms with E-state index in [1.54, 1.807) is 4.90 Å². The number of fused-ring (bicyclic) bond motifs is 1. The quantitative estimate of drug-likeness (QED) is 0.707. The van der Waals surface area contributed by atoms with E-state index in [0.29, 0.717) is 24.6 Å². The summed E-state index contributed by atoms with van der Waals surface area (Å²) in [6.07, 6.45) is 1.71. The SMILES string of the molecule is COC(=O)CSC1CCN(C(=O)COc2cccc3c2OC(C)(C)C3)C1. The number of nitrogens with zero attached hydrogens (tertiary/aromatic N) is 1. The van der Waals surface area contributed by atoms with Crippen LogP contribution in [0.25, 0.3) is 0 Å². The molecule has 1 fully saturated rings. The Bertz CT molecular complexity index is 691. The normalized spacial score (nSPS) is 20.4. The Morgan fingerprint density at radius 1 is 1.38 bits per heavy atom. The zero-order valence-electron chi connectivity index (χ0n) is 15.4. The molecule has 1 aromatic carbocycles. The van der Waals surface area contributed by atoms with E-state index in [1.165, 1.54) is 18.9 Å². The van der Waals surface area contributed by atoms with Gasteiger partial charge in [-0.3, -0.25) is 9.59 Å². The smallest absolute Gasteiger partial charge is 0.315 e. The fraction of sp³-hybridized carbons (Fsp3) is 0.579. The molecule has 1 unspecified atom stereocenters. The number of thioether (sulfide) groups is 1. The van der Waals surface area contributed by atoms with Gasteiger partial charge in [0, 0.05) is 30.3 Å². The van der Waals surface area contributed by atoms with Crippen LogP contribution >= 0.6 is 11.8 Å². The van der Waals surface area contributed by atoms with Gasteiger partial charge in [-0.25, -0.2) is 0 Å². The predicted octanol–water partition coefficient (Wildman–Crippen LogP) is 2.29. The van der Waals surface area contributed by atoms with Gasteiger partial charge in [-0.15, -0.1) is 11.8 Å². The molecule has 2 aliphatic heterocycles. The van der Waals surface area contributed by atoms with Gasteiger partial charge in [0.15, 0.2) is 18.1 Å². The van der Waals surface area contributed by atoms with Crippen LogP contribution in [0.2, 0.25) is 0 Å². The Morgan fingerprint density at radius 3 is 2.96 bits per heavy atom. The molecule has 26 heavy (non-hydrogen) atoms. The Morgan fingerprint density at radius 2 is 2.19 bits per heavy atom. The van der Waals surface area contributed by atoms with Gasteiger partial charge in [-0.1, -0.05) is 12.1 Å². The molecule has 2 aliphatic rings. The summed E-state index contributed by atoms with van der Waals surface area (Å²) in [6.45, 7) is 5.41. The summed E-state index contributed by atoms with van der Waals surface area (Å²) >= 11 is 1.54. The highest BCUT2D eigenvalue weighted by atomic mass is 32.2. The maximum atomic E-state index is 12.4. The fourth-order valence-electron chi connectivity index (χ4n) is 3.27. The maximum Gasteiger partial charge on any atom is 0.315 e. The number of hydrogen-bond acceptors (Lipinski definition) is 6. The van der Waals surface area contributed by atoms with Crippen LogP contribution in [0.4, 0.5) is 0 Å². The van der Waals surface area contributed by atoms with Crippen molar-refractivity contribution in [1.82, 2.24) is 4.90 Å². The molecule has 1 aromatic rings. The molecule has 1 saturated heterocycles. The van der Waals surface area contributed by atoms with E-state index >= 15 is 0 Å². The van der Waals surface area contributed by atoms with Gasteiger partial charge in [0.1, 0.15) is 5.60 Å². The lowest BCUT2D eigenvalue weighted by Crippen LogP contribution is -2.33. The minimum atomic E-state index is -0.245. The van der Waals surface area contributed by atoms with Crippen molar-refractivity contribution in [2.45, 2.75) is 37.5 Å². The number of likely N-dealkylation sites (tertiary alicyclic amines) is 1. The lowest BCUT2D eigenvalue weighted by atomic mass is 10.0. The van der Waals surface area contributed by atoms with Gasteiger partial charge < -0.3 is 19.1 Å². The van der Waals surface area contributed by atoms with E-state index in [9.17, 15) is 9.59 Å². The lowest BCUT2D eigenvalue weighted by Gasteiger charge is -2.19. The van der Waals surface area contributed by atoms with Gasteiger partial charge >= 0.3 is 5.97 Å². The molecule has 3 rings (SSSR count). The van der Waals surface area contributed by atoms with Crippen LogP contribution in [0.15, 0.2) is 18.2 Å². The average molecular weight is 379 g/mol. The number of carbonyl (C=O) groups is 2. The molecule has 0 aromatic heterocycles. The number of esters is 1. The minimum absolute atomic E-state index is 0.00533. The van der Waals surface area contributed by atoms with Gasteiger partial charge in [-0.05, 0) is 26.3 Å². The molecule has 7 heteroatoms. The highest BCUT2D eigenvalue weighted by Crippen LogP contribution is 2.41. The fourth-order valence-corrected chi connectivity index (χ4v) is 4.31. The summed E-state index contributed by atoms with van der Waals surface area (Å²) in [4.78, 5) is 25.5. The number of amides is 1. The number of para-hydroxylation sites is 1. The van der Waals surface area contributed by atoms with Crippen molar-refractivity contribution in [3.63, 3.8) is 0 Å². The zero-order chi connectivity index (χ0) is 18.7. The number of hydrogen-bond donors (Lipinski definition) is 0. The lowest BCUT2D eigenvalue weighted by molar-refractivity contribution is -0.137. The number of benzene rings is 1. The zero-order valence-corrected chi connectivity index (χ0v) is 16.3. The van der Waals surface area contributed by atoms with Gasteiger partial charge in [-0.2, -0.15) is 0 Å². The minimum Gasteiger partial charge on any atom is -0.483 e. The second-order valence-corrected chi connectivity index (χ2v) is 8.50. The third-order valence-corrected chi connectivity index (χ3v) is 5.83. The third kappa shape index (κ3) is 4.44. The van der Waals surface area contributed by atoms with E-state index in [0.717, 1.165) is 24.2 Å². The molecule has 0 spiro atoms. The van der Waals surface area contributed by atoms with Gasteiger partial charge in [0.2, 0.25) is 0 Å². The number of methoxy groups -OCH3 is 1. The van der Waals surface area contributed by atoms with Crippen LogP contribution in [0.1, 0.15) is 25.8 Å². The first kappa shape index (κ1) is 18.9. The topological polar surface area (TPSA) is 65.1 Å². The summed E-state index contributed by atoms with van der Waals surface area (Å²) in [6, 6.07) is 5.80. The van der Waals surface area contributed by atoms with Crippen molar-refractivity contribution < 1.29 is 23.8 Å². The molecular weight excluding hydrogens is 354 g/mol. The Labute approximate surface area is 158 Å². The van der Waals surface area contributed by atoms with Crippen LogP contribution in [0, 0.1) is 0 Å². The summed E-state index contributed by atoms with van der Waals surface area (Å²) in [5.74, 6) is 1.42. The van der Waals surface area contributed by atoms with Crippen molar-refractivity contribution in [2.24, 2.45) is 0 Å². The first-order valence-electron chi connectivity index (χ1n) is 8.78. The van der Waals surface area contributed by atoms with E-state index in [2.05, 4.69) is 4.74 Å². The van der Waals surface area contributed by atoms with Crippen LogP contribution < -0.4 is 9.47 Å². The Kier molecular flexibility index (Phi) is 5.65. The second kappa shape index (κ2) is 7.78. The van der Waals surface area contributed by atoms with Crippen LogP contribution in [-0.4, -0.2) is 60.2 Å². The molecule has 6 nitrogen and oxygen atoms in total. The van der Waals surface area contributed by atoms with Crippen molar-refractivity contribution in [3.05, 3.63) is 23.8 Å². The summed E-state index contributed by atoms with van der Waals surface area (Å²) < 4.78 is 16.4. The Hall–Kier alpha value is -1.89. The number of carbonyl (C=O) groups excluding carboxylic acids is 2. The number of rotatable bonds is 6. The molecule has 0 N–H and O–H groups in total. The van der Waals surface area contributed by atoms with Crippen LogP contribution in [-0.2, 0) is 20.7 Å². The number of ether oxygens (including phenoxy) is 3. The van der Waals surface area contributed by atoms with Crippen LogP contribution in [0.5, 0.6) is 11.5 Å². The molecule has 1 amide bonds. The summed E-state index contributed by atoms with van der Waals surface area (Å²) in [7, 11) is 1.38. The monoisotopic (exact) mass is 379 g/mol. The molecule has 0 saturated carbocycles. The molecular formula is C19H25NO5S. The molecule has 0 bridgehead atoms. The van der Waals surface area contributed by atoms with Gasteiger partial charge in [0.05, 0.1) is 12.9 Å². The summed E-state index contributed by atoms with van der Waals surface area (Å²) in [5, 5.41) is 0.267. The predicted molar refractivity (Wildman–Crippen MR) is 99.8 cm³/mol. The first-order valence-corrected chi connectivity index (χ1v) is 9.83. The summed E-state index contributed by atoms with van der Waals surface area (Å²) in [5.41, 5.74) is 0.866. The van der Waals surface area contributed by atoms with Crippen molar-refractivity contribution in [3.8, 4) is 11.5 Å². The third-order valence-electron chi connectivity index (χ3n) is 4.57. The van der Waals surface area contributed by atoms with E-state index in [-0.39, 0.29) is 29.3 Å². The van der Waals surface area contributed by atoms with Crippen molar-refractivity contribution >= 4 is 23.6 Å². The molecule has 0 aliphatic carbocycles. The highest BCUT2D eigenvalue weighted by molar-refractivity contribution is 8.00. The molecule has 142 valence electrons. The largest absolute Gasteiger partial charge is 0.483 e. The van der Waals surface area contributed by atoms with E-state index in [4.69, 9.17) is 9.47 Å². The molecule has 1 atom stereocenters. The molecule has 2 heterocycles. The van der Waals surface area contributed by atoms with Crippen molar-refractivity contribution in [1.29, 1.82) is 0 Å². The Balaban J connectivity index is 1.50. The standard InChI is InChI=1S/C19H25NO5S/c1-19(2)9-13-5-4-6-15(18(13)25-19)24-11-16(21)20-8-7-14(10-20)26-12-17(22)23-3/h4-6,14H,7-12H2,1-3H3. The molecule has 0 radical (unpaired) electrons. The van der Waals surface area contributed by atoms with Gasteiger partial charge in [0.25, 0.3) is 5.91 Å². The first-order chi connectivity index (χ1) is 12.4. The highest BCUT2D eigenvalue weighted by Gasteiger charge is 2.33. The second-order valence-electron chi connectivity index (χ2n) is 7.21. The van der Waals surface area contributed by atoms with E-state index < -0.39 is 0 Å². The van der Waals surface area contributed by atoms with Crippen molar-refractivity contribution in [2.75, 3.05) is 32.6 Å². The average Bonchev–Trinajstić information content (AvgIpc) is 3.20. The van der Waals surface area contributed by atoms with E-state index in [1.807, 2.05) is 32.0 Å².